The summed E-state index contributed by atoms with van der Waals surface area (Å²) in [5, 5.41) is 15.8. The maximum Gasteiger partial charge on any atom is 0.308 e. The number of rotatable bonds is 8. The minimum atomic E-state index is -0.841. The van der Waals surface area contributed by atoms with E-state index in [1.165, 1.54) is 0 Å². The molecule has 0 bridgehead atoms. The summed E-state index contributed by atoms with van der Waals surface area (Å²) in [7, 11) is 0. The molecule has 1 unspecified atom stereocenters. The van der Waals surface area contributed by atoms with E-state index in [0.717, 1.165) is 5.56 Å². The quantitative estimate of drug-likeness (QED) is 0.770. The van der Waals surface area contributed by atoms with Crippen molar-refractivity contribution in [3.63, 3.8) is 0 Å². The highest BCUT2D eigenvalue weighted by Crippen LogP contribution is 2.11. The second-order valence-electron chi connectivity index (χ2n) is 5.10. The van der Waals surface area contributed by atoms with Crippen molar-refractivity contribution in [2.45, 2.75) is 33.1 Å². The lowest BCUT2D eigenvalue weighted by atomic mass is 9.97. The Labute approximate surface area is 117 Å². The van der Waals surface area contributed by atoms with Crippen LogP contribution in [0.2, 0.25) is 0 Å². The smallest absolute Gasteiger partial charge is 0.308 e. The lowest BCUT2D eigenvalue weighted by Gasteiger charge is -2.15. The van der Waals surface area contributed by atoms with Crippen LogP contribution in [0, 0.1) is 11.8 Å². The molecule has 1 amide bonds. The second-order valence-corrected chi connectivity index (χ2v) is 5.88. The number of carbonyl (C=O) groups excluding carboxylic acids is 1. The standard InChI is InChI=1S/C14H21NO3S/c1-10(2)7-12(14(17)18)8-15-13(16)4-3-11-5-6-19-9-11/h5-6,9-10,12H,3-4,7-8H2,1-2H3,(H,15,16)(H,17,18). The Morgan fingerprint density at radius 1 is 1.42 bits per heavy atom. The summed E-state index contributed by atoms with van der Waals surface area (Å²) in [6.07, 6.45) is 1.70. The third-order valence-electron chi connectivity index (χ3n) is 2.87. The Hall–Kier alpha value is -1.36. The molecule has 0 aliphatic rings. The maximum atomic E-state index is 11.7. The molecule has 5 heteroatoms. The van der Waals surface area contributed by atoms with Gasteiger partial charge in [-0.3, -0.25) is 9.59 Å². The average molecular weight is 283 g/mol. The SMILES string of the molecule is CC(C)CC(CNC(=O)CCc1ccsc1)C(=O)O. The van der Waals surface area contributed by atoms with Crippen molar-refractivity contribution >= 4 is 23.2 Å². The Kier molecular flexibility index (Phi) is 6.56. The highest BCUT2D eigenvalue weighted by atomic mass is 32.1. The Balaban J connectivity index is 2.29. The highest BCUT2D eigenvalue weighted by molar-refractivity contribution is 7.07. The van der Waals surface area contributed by atoms with Crippen LogP contribution in [0.3, 0.4) is 0 Å². The minimum Gasteiger partial charge on any atom is -0.481 e. The number of nitrogens with one attached hydrogen (secondary N) is 1. The molecule has 0 aliphatic heterocycles. The molecule has 0 aliphatic carbocycles. The van der Waals surface area contributed by atoms with Crippen LogP contribution < -0.4 is 5.32 Å². The van der Waals surface area contributed by atoms with E-state index in [1.807, 2.05) is 30.7 Å². The van der Waals surface area contributed by atoms with Gasteiger partial charge in [0.05, 0.1) is 5.92 Å². The van der Waals surface area contributed by atoms with E-state index in [0.29, 0.717) is 25.2 Å². The zero-order valence-electron chi connectivity index (χ0n) is 11.4. The third-order valence-corrected chi connectivity index (χ3v) is 3.60. The molecule has 1 aromatic heterocycles. The first kappa shape index (κ1) is 15.7. The molecule has 1 atom stereocenters. The predicted molar refractivity (Wildman–Crippen MR) is 76.2 cm³/mol. The number of thiophene rings is 1. The summed E-state index contributed by atoms with van der Waals surface area (Å²) in [4.78, 5) is 22.7. The van der Waals surface area contributed by atoms with E-state index in [4.69, 9.17) is 5.11 Å². The number of aryl methyl sites for hydroxylation is 1. The van der Waals surface area contributed by atoms with Crippen molar-refractivity contribution in [1.29, 1.82) is 0 Å². The molecule has 0 spiro atoms. The van der Waals surface area contributed by atoms with Gasteiger partial charge in [0.25, 0.3) is 0 Å². The van der Waals surface area contributed by atoms with Crippen molar-refractivity contribution in [2.75, 3.05) is 6.54 Å². The molecular weight excluding hydrogens is 262 g/mol. The van der Waals surface area contributed by atoms with Gasteiger partial charge in [-0.2, -0.15) is 11.3 Å². The number of carboxylic acids is 1. The van der Waals surface area contributed by atoms with Crippen molar-refractivity contribution in [3.05, 3.63) is 22.4 Å². The van der Waals surface area contributed by atoms with Crippen molar-refractivity contribution in [1.82, 2.24) is 5.32 Å². The van der Waals surface area contributed by atoms with Crippen LogP contribution in [0.25, 0.3) is 0 Å². The van der Waals surface area contributed by atoms with Crippen LogP contribution in [-0.4, -0.2) is 23.5 Å². The summed E-state index contributed by atoms with van der Waals surface area (Å²) < 4.78 is 0. The van der Waals surface area contributed by atoms with Crippen LogP contribution in [-0.2, 0) is 16.0 Å². The number of aliphatic carboxylic acids is 1. The molecule has 0 saturated carbocycles. The summed E-state index contributed by atoms with van der Waals surface area (Å²) in [5.41, 5.74) is 1.15. The zero-order valence-corrected chi connectivity index (χ0v) is 12.2. The normalized spacial score (nSPS) is 12.4. The van der Waals surface area contributed by atoms with Crippen molar-refractivity contribution in [2.24, 2.45) is 11.8 Å². The Morgan fingerprint density at radius 3 is 2.68 bits per heavy atom. The Bertz CT molecular complexity index is 401. The number of amides is 1. The first-order chi connectivity index (χ1) is 8.99. The molecule has 1 heterocycles. The number of hydrogen-bond acceptors (Lipinski definition) is 3. The van der Waals surface area contributed by atoms with Gasteiger partial charge in [0, 0.05) is 13.0 Å². The number of carbonyl (C=O) groups is 2. The molecule has 2 N–H and O–H groups in total. The molecule has 0 aromatic carbocycles. The monoisotopic (exact) mass is 283 g/mol. The topological polar surface area (TPSA) is 66.4 Å². The Morgan fingerprint density at radius 2 is 2.16 bits per heavy atom. The zero-order chi connectivity index (χ0) is 14.3. The van der Waals surface area contributed by atoms with Crippen molar-refractivity contribution in [3.8, 4) is 0 Å². The van der Waals surface area contributed by atoms with Crippen LogP contribution in [0.5, 0.6) is 0 Å². The van der Waals surface area contributed by atoms with Gasteiger partial charge >= 0.3 is 5.97 Å². The molecule has 0 radical (unpaired) electrons. The fraction of sp³-hybridized carbons (Fsp3) is 0.571. The predicted octanol–water partition coefficient (Wildman–Crippen LogP) is 2.54. The summed E-state index contributed by atoms with van der Waals surface area (Å²) in [6, 6.07) is 2.00. The highest BCUT2D eigenvalue weighted by Gasteiger charge is 2.19. The summed E-state index contributed by atoms with van der Waals surface area (Å²) in [6.45, 7) is 4.18. The van der Waals surface area contributed by atoms with Crippen LogP contribution in [0.15, 0.2) is 16.8 Å². The number of hydrogen-bond donors (Lipinski definition) is 2. The van der Waals surface area contributed by atoms with E-state index in [-0.39, 0.29) is 12.5 Å². The van der Waals surface area contributed by atoms with E-state index < -0.39 is 11.9 Å². The van der Waals surface area contributed by atoms with Gasteiger partial charge in [-0.05, 0) is 41.1 Å². The fourth-order valence-electron chi connectivity index (χ4n) is 1.86. The summed E-state index contributed by atoms with van der Waals surface area (Å²) in [5.74, 6) is -1.11. The fourth-order valence-corrected chi connectivity index (χ4v) is 2.56. The summed E-state index contributed by atoms with van der Waals surface area (Å²) >= 11 is 1.61. The van der Waals surface area contributed by atoms with E-state index in [1.54, 1.807) is 11.3 Å². The molecule has 1 rings (SSSR count). The van der Waals surface area contributed by atoms with E-state index >= 15 is 0 Å². The maximum absolute atomic E-state index is 11.7. The van der Waals surface area contributed by atoms with Gasteiger partial charge in [0.15, 0.2) is 0 Å². The van der Waals surface area contributed by atoms with Gasteiger partial charge in [0.2, 0.25) is 5.91 Å². The minimum absolute atomic E-state index is 0.0822. The first-order valence-corrected chi connectivity index (χ1v) is 7.44. The number of carboxylic acid groups (broad SMARTS) is 1. The molecule has 19 heavy (non-hydrogen) atoms. The van der Waals surface area contributed by atoms with Gasteiger partial charge < -0.3 is 10.4 Å². The van der Waals surface area contributed by atoms with Crippen LogP contribution in [0.1, 0.15) is 32.3 Å². The first-order valence-electron chi connectivity index (χ1n) is 6.49. The van der Waals surface area contributed by atoms with Crippen molar-refractivity contribution < 1.29 is 14.7 Å². The average Bonchev–Trinajstić information content (AvgIpc) is 2.84. The van der Waals surface area contributed by atoms with E-state index in [9.17, 15) is 9.59 Å². The molecule has 106 valence electrons. The molecule has 4 nitrogen and oxygen atoms in total. The molecule has 0 saturated heterocycles. The lowest BCUT2D eigenvalue weighted by molar-refractivity contribution is -0.142. The van der Waals surface area contributed by atoms with Gasteiger partial charge in [-0.25, -0.2) is 0 Å². The molecule has 0 fully saturated rings. The largest absolute Gasteiger partial charge is 0.481 e. The van der Waals surface area contributed by atoms with Gasteiger partial charge in [-0.15, -0.1) is 0 Å². The second kappa shape index (κ2) is 7.94. The lowest BCUT2D eigenvalue weighted by Crippen LogP contribution is -2.33. The van der Waals surface area contributed by atoms with E-state index in [2.05, 4.69) is 5.32 Å². The van der Waals surface area contributed by atoms with Crippen LogP contribution >= 0.6 is 11.3 Å². The molecular formula is C14H21NO3S. The van der Waals surface area contributed by atoms with Gasteiger partial charge in [0.1, 0.15) is 0 Å². The van der Waals surface area contributed by atoms with Gasteiger partial charge in [-0.1, -0.05) is 13.8 Å². The van der Waals surface area contributed by atoms with Crippen LogP contribution in [0.4, 0.5) is 0 Å². The third kappa shape index (κ3) is 6.38. The molecule has 1 aromatic rings.